The van der Waals surface area contributed by atoms with Gasteiger partial charge in [-0.1, -0.05) is 24.3 Å². The highest BCUT2D eigenvalue weighted by molar-refractivity contribution is 6.06. The lowest BCUT2D eigenvalue weighted by Crippen LogP contribution is -2.27. The van der Waals surface area contributed by atoms with Gasteiger partial charge in [-0.15, -0.1) is 0 Å². The lowest BCUT2D eigenvalue weighted by molar-refractivity contribution is -0.137. The van der Waals surface area contributed by atoms with Crippen LogP contribution in [0.2, 0.25) is 0 Å². The molecule has 0 saturated carbocycles. The molecule has 3 rings (SSSR count). The molecule has 1 atom stereocenters. The van der Waals surface area contributed by atoms with Crippen LogP contribution in [0.4, 0.5) is 24.5 Å². The Morgan fingerprint density at radius 2 is 1.90 bits per heavy atom. The number of anilines is 1. The molecule has 0 fully saturated rings. The van der Waals surface area contributed by atoms with Gasteiger partial charge in [0.1, 0.15) is 0 Å². The largest absolute Gasteiger partial charge is 0.418 e. The Bertz CT molecular complexity index is 1020. The second-order valence-corrected chi connectivity index (χ2v) is 6.60. The summed E-state index contributed by atoms with van der Waals surface area (Å²) in [6.45, 7) is 1.13. The van der Waals surface area contributed by atoms with Gasteiger partial charge in [-0.2, -0.15) is 23.4 Å². The molecule has 1 unspecified atom stereocenters. The molecule has 2 aromatic carbocycles. The van der Waals surface area contributed by atoms with Crippen molar-refractivity contribution in [1.82, 2.24) is 0 Å². The molecule has 1 aliphatic rings. The first-order valence-corrected chi connectivity index (χ1v) is 8.67. The molecule has 1 N–H and O–H groups in total. The molecular weight excluding hydrogens is 387 g/mol. The molecular formula is C20H16F3N3O3. The van der Waals surface area contributed by atoms with E-state index in [-0.39, 0.29) is 18.7 Å². The third-order valence-electron chi connectivity index (χ3n) is 4.35. The van der Waals surface area contributed by atoms with Crippen LogP contribution < -0.4 is 5.32 Å². The van der Waals surface area contributed by atoms with E-state index in [0.29, 0.717) is 11.3 Å². The van der Waals surface area contributed by atoms with Crippen molar-refractivity contribution in [2.75, 3.05) is 5.32 Å². The molecule has 29 heavy (non-hydrogen) atoms. The number of halogens is 3. The fourth-order valence-electron chi connectivity index (χ4n) is 2.98. The second kappa shape index (κ2) is 7.94. The van der Waals surface area contributed by atoms with Crippen LogP contribution in [-0.4, -0.2) is 23.5 Å². The van der Waals surface area contributed by atoms with Crippen LogP contribution in [0.5, 0.6) is 0 Å². The number of nitrogens with one attached hydrogen (secondary N) is 1. The number of rotatable bonds is 6. The Morgan fingerprint density at radius 1 is 1.17 bits per heavy atom. The molecule has 0 aromatic heterocycles. The molecule has 1 aliphatic heterocycles. The summed E-state index contributed by atoms with van der Waals surface area (Å²) in [5.74, 6) is -1.37. The van der Waals surface area contributed by atoms with Crippen molar-refractivity contribution in [3.05, 3.63) is 59.2 Å². The first kappa shape index (κ1) is 20.4. The van der Waals surface area contributed by atoms with E-state index in [2.05, 4.69) is 15.5 Å². The fraction of sp³-hybridized carbons (Fsp3) is 0.250. The number of amides is 1. The number of ketones is 2. The van der Waals surface area contributed by atoms with Crippen LogP contribution >= 0.6 is 0 Å². The van der Waals surface area contributed by atoms with Gasteiger partial charge < -0.3 is 5.32 Å². The van der Waals surface area contributed by atoms with E-state index in [1.807, 2.05) is 0 Å². The molecule has 0 spiro atoms. The molecule has 0 bridgehead atoms. The van der Waals surface area contributed by atoms with Crippen LogP contribution in [0.15, 0.2) is 52.7 Å². The number of fused-ring (bicyclic) bond motifs is 1. The maximum absolute atomic E-state index is 13.0. The molecule has 1 amide bonds. The summed E-state index contributed by atoms with van der Waals surface area (Å²) in [5.41, 5.74) is 0.496. The predicted molar refractivity (Wildman–Crippen MR) is 97.9 cm³/mol. The summed E-state index contributed by atoms with van der Waals surface area (Å²) in [5, 5.41) is 9.81. The number of carbonyl (C=O) groups is 3. The van der Waals surface area contributed by atoms with E-state index in [0.717, 1.165) is 24.6 Å². The second-order valence-electron chi connectivity index (χ2n) is 6.60. The van der Waals surface area contributed by atoms with Gasteiger partial charge in [-0.25, -0.2) is 0 Å². The monoisotopic (exact) mass is 403 g/mol. The van der Waals surface area contributed by atoms with Crippen LogP contribution in [-0.2, 0) is 33.4 Å². The third kappa shape index (κ3) is 4.74. The van der Waals surface area contributed by atoms with E-state index in [9.17, 15) is 27.6 Å². The lowest BCUT2D eigenvalue weighted by Gasteiger charge is -2.10. The Balaban J connectivity index is 1.80. The first-order chi connectivity index (χ1) is 13.6. The highest BCUT2D eigenvalue weighted by atomic mass is 19.4. The minimum Gasteiger partial charge on any atom is -0.326 e. The smallest absolute Gasteiger partial charge is 0.326 e. The molecule has 2 aromatic rings. The van der Waals surface area contributed by atoms with Crippen LogP contribution in [0.3, 0.4) is 0 Å². The van der Waals surface area contributed by atoms with Crippen LogP contribution in [0, 0.1) is 0 Å². The van der Waals surface area contributed by atoms with Gasteiger partial charge in [0.2, 0.25) is 5.91 Å². The quantitative estimate of drug-likeness (QED) is 0.583. The van der Waals surface area contributed by atoms with E-state index in [1.165, 1.54) is 12.1 Å². The number of hydrogen-bond donors (Lipinski definition) is 1. The summed E-state index contributed by atoms with van der Waals surface area (Å²) in [6, 6.07) is 7.99. The number of Topliss-reactive ketones (excluding diaryl/α,β-unsaturated/α-hetero) is 2. The van der Waals surface area contributed by atoms with Gasteiger partial charge >= 0.3 is 6.18 Å². The first-order valence-electron chi connectivity index (χ1n) is 8.67. The summed E-state index contributed by atoms with van der Waals surface area (Å²) in [7, 11) is 0. The Morgan fingerprint density at radius 3 is 2.59 bits per heavy atom. The van der Waals surface area contributed by atoms with Gasteiger partial charge in [0.05, 0.1) is 17.7 Å². The highest BCUT2D eigenvalue weighted by Gasteiger charge is 2.33. The van der Waals surface area contributed by atoms with Crippen LogP contribution in [0.25, 0.3) is 0 Å². The molecule has 0 aliphatic carbocycles. The molecule has 150 valence electrons. The van der Waals surface area contributed by atoms with Crippen molar-refractivity contribution in [3.63, 3.8) is 0 Å². The van der Waals surface area contributed by atoms with E-state index in [4.69, 9.17) is 0 Å². The number of alkyl halides is 3. The number of nitrogens with zero attached hydrogens (tertiary/aromatic N) is 2. The molecule has 9 heteroatoms. The number of benzene rings is 2. The van der Waals surface area contributed by atoms with Gasteiger partial charge in [0.15, 0.2) is 17.6 Å². The molecule has 0 saturated heterocycles. The van der Waals surface area contributed by atoms with Gasteiger partial charge in [0.25, 0.3) is 0 Å². The summed E-state index contributed by atoms with van der Waals surface area (Å²) in [4.78, 5) is 35.8. The zero-order chi connectivity index (χ0) is 21.2. The summed E-state index contributed by atoms with van der Waals surface area (Å²) < 4.78 is 39.1. The van der Waals surface area contributed by atoms with E-state index >= 15 is 0 Å². The molecule has 1 heterocycles. The lowest BCUT2D eigenvalue weighted by atomic mass is 9.99. The number of azo groups is 1. The average Bonchev–Trinajstić information content (AvgIpc) is 3.00. The SMILES string of the molecule is CC(=O)C(N=Nc1ccccc1C(F)(F)F)C(=O)Cc1ccc2c(c1)CC(=O)N2. The Kier molecular flexibility index (Phi) is 5.58. The predicted octanol–water partition coefficient (Wildman–Crippen LogP) is 4.05. The topological polar surface area (TPSA) is 88.0 Å². The number of carbonyl (C=O) groups excluding carboxylic acids is 3. The van der Waals surface area contributed by atoms with Crippen molar-refractivity contribution >= 4 is 28.8 Å². The zero-order valence-electron chi connectivity index (χ0n) is 15.3. The third-order valence-corrected chi connectivity index (χ3v) is 4.35. The van der Waals surface area contributed by atoms with E-state index < -0.39 is 35.0 Å². The maximum atomic E-state index is 13.0. The minimum absolute atomic E-state index is 0.151. The molecule has 0 radical (unpaired) electrons. The van der Waals surface area contributed by atoms with Gasteiger partial charge in [0, 0.05) is 12.1 Å². The van der Waals surface area contributed by atoms with Crippen molar-refractivity contribution in [1.29, 1.82) is 0 Å². The van der Waals surface area contributed by atoms with Crippen molar-refractivity contribution in [3.8, 4) is 0 Å². The van der Waals surface area contributed by atoms with Crippen LogP contribution in [0.1, 0.15) is 23.6 Å². The summed E-state index contributed by atoms with van der Waals surface area (Å²) >= 11 is 0. The van der Waals surface area contributed by atoms with Crippen molar-refractivity contribution < 1.29 is 27.6 Å². The zero-order valence-corrected chi connectivity index (χ0v) is 15.3. The molecule has 6 nitrogen and oxygen atoms in total. The summed E-state index contributed by atoms with van der Waals surface area (Å²) in [6.07, 6.45) is -4.60. The minimum atomic E-state index is -4.64. The maximum Gasteiger partial charge on any atom is 0.418 e. The number of hydrogen-bond acceptors (Lipinski definition) is 5. The standard InChI is InChI=1S/C20H16F3N3O3/c1-11(27)19(26-25-16-5-3-2-4-14(16)20(21,22)23)17(28)9-12-6-7-15-13(8-12)10-18(29)24-15/h2-8,19H,9-10H2,1H3,(H,24,29). The van der Waals surface area contributed by atoms with Crippen molar-refractivity contribution in [2.24, 2.45) is 10.2 Å². The van der Waals surface area contributed by atoms with Crippen molar-refractivity contribution in [2.45, 2.75) is 32.0 Å². The van der Waals surface area contributed by atoms with Gasteiger partial charge in [-0.05, 0) is 36.2 Å². The normalized spacial score (nSPS) is 14.6. The Labute approximate surface area is 163 Å². The van der Waals surface area contributed by atoms with E-state index in [1.54, 1.807) is 18.2 Å². The van der Waals surface area contributed by atoms with Gasteiger partial charge in [-0.3, -0.25) is 14.4 Å². The average molecular weight is 403 g/mol. The fourth-order valence-corrected chi connectivity index (χ4v) is 2.98. The highest BCUT2D eigenvalue weighted by Crippen LogP contribution is 2.36. The Hall–Kier alpha value is -3.36.